The molecule has 128 valence electrons. The van der Waals surface area contributed by atoms with Crippen LogP contribution in [0.1, 0.15) is 36.8 Å². The Bertz CT molecular complexity index is 685. The number of aromatic nitrogens is 1. The van der Waals surface area contributed by atoms with Crippen molar-refractivity contribution in [1.82, 2.24) is 15.0 Å². The smallest absolute Gasteiger partial charge is 0.237 e. The molecule has 0 aliphatic carbocycles. The van der Waals surface area contributed by atoms with E-state index < -0.39 is 9.84 Å². The normalized spacial score (nSPS) is 27.0. The number of amides is 1. The van der Waals surface area contributed by atoms with Crippen molar-refractivity contribution < 1.29 is 17.7 Å². The van der Waals surface area contributed by atoms with Crippen molar-refractivity contribution >= 4 is 15.7 Å². The molecule has 1 aromatic rings. The average molecular weight is 341 g/mol. The molecule has 0 N–H and O–H groups in total. The van der Waals surface area contributed by atoms with E-state index in [0.717, 1.165) is 24.3 Å². The molecule has 0 saturated carbocycles. The van der Waals surface area contributed by atoms with Gasteiger partial charge in [-0.1, -0.05) is 5.16 Å². The first-order valence-electron chi connectivity index (χ1n) is 7.99. The molecular weight excluding hydrogens is 318 g/mol. The summed E-state index contributed by atoms with van der Waals surface area (Å²) in [4.78, 5) is 16.3. The Morgan fingerprint density at radius 3 is 2.87 bits per heavy atom. The lowest BCUT2D eigenvalue weighted by atomic mass is 10.1. The number of nitrogens with zero attached hydrogens (tertiary/aromatic N) is 3. The van der Waals surface area contributed by atoms with Crippen LogP contribution in [0.5, 0.6) is 0 Å². The zero-order valence-corrected chi connectivity index (χ0v) is 14.4. The molecule has 8 heteroatoms. The van der Waals surface area contributed by atoms with Gasteiger partial charge in [-0.05, 0) is 33.2 Å². The molecule has 1 amide bonds. The highest BCUT2D eigenvalue weighted by Crippen LogP contribution is 2.32. The Balaban J connectivity index is 1.63. The predicted octanol–water partition coefficient (Wildman–Crippen LogP) is 0.765. The zero-order chi connectivity index (χ0) is 16.6. The van der Waals surface area contributed by atoms with E-state index in [1.165, 1.54) is 0 Å². The van der Waals surface area contributed by atoms with Crippen LogP contribution in [-0.2, 0) is 14.6 Å². The van der Waals surface area contributed by atoms with Gasteiger partial charge in [-0.3, -0.25) is 9.69 Å². The van der Waals surface area contributed by atoms with E-state index in [4.69, 9.17) is 4.52 Å². The molecule has 2 saturated heterocycles. The standard InChI is InChI=1S/C15H23N3O4S/c1-11-8-14(22-16-11)13-4-3-6-18(13)15(19)9-17(2)12-5-7-23(20,21)10-12/h8,12-13H,3-7,9-10H2,1-2H3/t12-,13-/m0/s1. The molecule has 23 heavy (non-hydrogen) atoms. The fourth-order valence-corrected chi connectivity index (χ4v) is 5.26. The quantitative estimate of drug-likeness (QED) is 0.804. The Morgan fingerprint density at radius 2 is 2.26 bits per heavy atom. The monoisotopic (exact) mass is 341 g/mol. The highest BCUT2D eigenvalue weighted by Gasteiger charge is 2.35. The van der Waals surface area contributed by atoms with E-state index in [2.05, 4.69) is 5.16 Å². The van der Waals surface area contributed by atoms with Gasteiger partial charge in [-0.25, -0.2) is 8.42 Å². The van der Waals surface area contributed by atoms with Crippen molar-refractivity contribution in [3.63, 3.8) is 0 Å². The number of hydrogen-bond donors (Lipinski definition) is 0. The number of hydrogen-bond acceptors (Lipinski definition) is 6. The molecule has 2 aliphatic heterocycles. The number of likely N-dealkylation sites (N-methyl/N-ethyl adjacent to an activating group) is 1. The van der Waals surface area contributed by atoms with Crippen molar-refractivity contribution in [2.75, 3.05) is 31.6 Å². The largest absolute Gasteiger partial charge is 0.359 e. The molecule has 2 fully saturated rings. The van der Waals surface area contributed by atoms with Crippen LogP contribution in [-0.4, -0.2) is 67.0 Å². The van der Waals surface area contributed by atoms with Crippen molar-refractivity contribution in [3.8, 4) is 0 Å². The lowest BCUT2D eigenvalue weighted by Crippen LogP contribution is -2.43. The van der Waals surface area contributed by atoms with Crippen LogP contribution in [0.15, 0.2) is 10.6 Å². The third-order valence-electron chi connectivity index (χ3n) is 4.76. The summed E-state index contributed by atoms with van der Waals surface area (Å²) in [5.74, 6) is 1.13. The minimum absolute atomic E-state index is 0.0216. The van der Waals surface area contributed by atoms with E-state index in [1.807, 2.05) is 29.8 Å². The molecule has 0 unspecified atom stereocenters. The zero-order valence-electron chi connectivity index (χ0n) is 13.6. The molecule has 2 atom stereocenters. The van der Waals surface area contributed by atoms with E-state index in [0.29, 0.717) is 13.0 Å². The van der Waals surface area contributed by atoms with Crippen LogP contribution in [0.25, 0.3) is 0 Å². The lowest BCUT2D eigenvalue weighted by molar-refractivity contribution is -0.133. The van der Waals surface area contributed by atoms with Gasteiger partial charge < -0.3 is 9.42 Å². The Labute approximate surface area is 136 Å². The third-order valence-corrected chi connectivity index (χ3v) is 6.51. The summed E-state index contributed by atoms with van der Waals surface area (Å²) >= 11 is 0. The SMILES string of the molecule is Cc1cc([C@@H]2CCCN2C(=O)CN(C)[C@H]2CCS(=O)(=O)C2)on1. The molecule has 0 bridgehead atoms. The van der Waals surface area contributed by atoms with Gasteiger partial charge in [-0.2, -0.15) is 0 Å². The molecule has 1 aromatic heterocycles. The first-order chi connectivity index (χ1) is 10.9. The highest BCUT2D eigenvalue weighted by molar-refractivity contribution is 7.91. The molecule has 3 heterocycles. The fourth-order valence-electron chi connectivity index (χ4n) is 3.46. The maximum absolute atomic E-state index is 12.6. The second-order valence-corrected chi connectivity index (χ2v) is 8.82. The Kier molecular flexibility index (Phi) is 4.46. The summed E-state index contributed by atoms with van der Waals surface area (Å²) in [5, 5.41) is 3.90. The van der Waals surface area contributed by atoms with Crippen LogP contribution >= 0.6 is 0 Å². The lowest BCUT2D eigenvalue weighted by Gasteiger charge is -2.28. The minimum atomic E-state index is -2.94. The first-order valence-corrected chi connectivity index (χ1v) is 9.81. The van der Waals surface area contributed by atoms with Crippen LogP contribution < -0.4 is 0 Å². The van der Waals surface area contributed by atoms with Crippen LogP contribution in [0.3, 0.4) is 0 Å². The summed E-state index contributed by atoms with van der Waals surface area (Å²) in [6.45, 7) is 2.81. The third kappa shape index (κ3) is 3.58. The second-order valence-electron chi connectivity index (χ2n) is 6.59. The van der Waals surface area contributed by atoms with Gasteiger partial charge in [0.2, 0.25) is 5.91 Å². The number of carbonyl (C=O) groups is 1. The van der Waals surface area contributed by atoms with Crippen molar-refractivity contribution in [1.29, 1.82) is 0 Å². The topological polar surface area (TPSA) is 83.7 Å². The molecule has 7 nitrogen and oxygen atoms in total. The predicted molar refractivity (Wildman–Crippen MR) is 84.6 cm³/mol. The summed E-state index contributed by atoms with van der Waals surface area (Å²) in [6.07, 6.45) is 2.43. The first kappa shape index (κ1) is 16.4. The number of sulfone groups is 1. The van der Waals surface area contributed by atoms with Gasteiger partial charge in [0.15, 0.2) is 15.6 Å². The number of carbonyl (C=O) groups excluding carboxylic acids is 1. The molecule has 0 aromatic carbocycles. The molecule has 0 spiro atoms. The van der Waals surface area contributed by atoms with Crippen molar-refractivity contribution in [3.05, 3.63) is 17.5 Å². The Hall–Kier alpha value is -1.41. The molecule has 0 radical (unpaired) electrons. The summed E-state index contributed by atoms with van der Waals surface area (Å²) in [7, 11) is -1.11. The summed E-state index contributed by atoms with van der Waals surface area (Å²) in [6, 6.07) is 1.77. The average Bonchev–Trinajstić information content (AvgIpc) is 3.17. The minimum Gasteiger partial charge on any atom is -0.359 e. The Morgan fingerprint density at radius 1 is 1.48 bits per heavy atom. The number of rotatable bonds is 4. The fraction of sp³-hybridized carbons (Fsp3) is 0.733. The highest BCUT2D eigenvalue weighted by atomic mass is 32.2. The maximum atomic E-state index is 12.6. The van der Waals surface area contributed by atoms with Gasteiger partial charge in [0, 0.05) is 18.7 Å². The van der Waals surface area contributed by atoms with Crippen molar-refractivity contribution in [2.24, 2.45) is 0 Å². The van der Waals surface area contributed by atoms with Gasteiger partial charge in [0.05, 0.1) is 29.8 Å². The van der Waals surface area contributed by atoms with E-state index in [1.54, 1.807) is 0 Å². The van der Waals surface area contributed by atoms with Crippen LogP contribution in [0.4, 0.5) is 0 Å². The van der Waals surface area contributed by atoms with Crippen LogP contribution in [0, 0.1) is 6.92 Å². The van der Waals surface area contributed by atoms with Crippen LogP contribution in [0.2, 0.25) is 0 Å². The maximum Gasteiger partial charge on any atom is 0.237 e. The molecular formula is C15H23N3O4S. The van der Waals surface area contributed by atoms with Gasteiger partial charge >= 0.3 is 0 Å². The van der Waals surface area contributed by atoms with E-state index in [9.17, 15) is 13.2 Å². The summed E-state index contributed by atoms with van der Waals surface area (Å²) in [5.41, 5.74) is 0.813. The second kappa shape index (κ2) is 6.24. The molecule has 2 aliphatic rings. The number of aryl methyl sites for hydroxylation is 1. The molecule has 3 rings (SSSR count). The number of likely N-dealkylation sites (tertiary alicyclic amines) is 1. The van der Waals surface area contributed by atoms with Gasteiger partial charge in [0.25, 0.3) is 0 Å². The van der Waals surface area contributed by atoms with E-state index in [-0.39, 0.29) is 36.0 Å². The van der Waals surface area contributed by atoms with Crippen molar-refractivity contribution in [2.45, 2.75) is 38.3 Å². The van der Waals surface area contributed by atoms with E-state index >= 15 is 0 Å². The van der Waals surface area contributed by atoms with Gasteiger partial charge in [-0.15, -0.1) is 0 Å². The van der Waals surface area contributed by atoms with Gasteiger partial charge in [0.1, 0.15) is 0 Å². The summed E-state index contributed by atoms with van der Waals surface area (Å²) < 4.78 is 28.5.